The molecule has 1 aliphatic rings. The molecule has 0 saturated carbocycles. The zero-order valence-electron chi connectivity index (χ0n) is 56.3. The van der Waals surface area contributed by atoms with Crippen LogP contribution in [-0.4, -0.2) is 187 Å². The molecule has 12 amide bonds. The number of rotatable bonds is 29. The summed E-state index contributed by atoms with van der Waals surface area (Å²) < 4.78 is 0. The topological polar surface area (TPSA) is 522 Å². The Morgan fingerprint density at radius 3 is 1.86 bits per heavy atom. The molecule has 1 aromatic carbocycles. The van der Waals surface area contributed by atoms with Crippen LogP contribution in [0.3, 0.4) is 0 Å². The van der Waals surface area contributed by atoms with Gasteiger partial charge in [0.25, 0.3) is 5.91 Å². The standard InChI is InChI=1S/C64H94N16O17S/c1-9-35(8)51(80-56(90)40(20-21-48(82)83)71-57(91)41(24-32(2)3)73-61(95)46-30-98-64(78-46)52(86)34(6)7)63(97)72-38-18-13-14-23-68-53(87)44(27-47(66)81)75-60(94)45(28-49(84)85)76-59(93)43(26-37-29-67-31-69-37)74-58(92)42(25-36-16-11-10-12-17-36)77-62(96)50(33(4)5)79-55(89)39(19-15-22-65)70-54(38)88/h10-12,16-17,29-35,38-45,50-51H,9,13-15,18-28,65H2,1-8H3,(H2,66,81)(H,67,69)(H,68,87)(H,70,88)(H,71,91)(H,72,97)(H,73,95)(H,74,92)(H,75,94)(H,76,93)(H,77,96)(H,79,89)(H,80,90)(H,82,83)(H,84,85)/t35-,38-,39+,40+,41-,42+,43-,44-,45+,50-,51-/m0/s1. The number of hydrogen-bond acceptors (Lipinski definition) is 19. The van der Waals surface area contributed by atoms with Gasteiger partial charge in [-0.15, -0.1) is 11.3 Å². The number of aromatic amines is 1. The molecule has 18 N–H and O–H groups in total. The van der Waals surface area contributed by atoms with E-state index in [1.165, 1.54) is 17.9 Å². The van der Waals surface area contributed by atoms with E-state index in [4.69, 9.17) is 11.5 Å². The van der Waals surface area contributed by atoms with Crippen LogP contribution in [0.4, 0.5) is 0 Å². The lowest BCUT2D eigenvalue weighted by Crippen LogP contribution is -2.62. The number of carbonyl (C=O) groups excluding carboxylic acids is 13. The number of hydrogen-bond donors (Lipinski definition) is 16. The third-order valence-electron chi connectivity index (χ3n) is 15.9. The number of carboxylic acids is 2. The number of benzene rings is 1. The van der Waals surface area contributed by atoms with Gasteiger partial charge >= 0.3 is 11.9 Å². The van der Waals surface area contributed by atoms with Crippen LogP contribution in [0, 0.1) is 23.7 Å². The van der Waals surface area contributed by atoms with E-state index >= 15 is 0 Å². The molecule has 11 atom stereocenters. The third kappa shape index (κ3) is 26.7. The highest BCUT2D eigenvalue weighted by Gasteiger charge is 2.39. The van der Waals surface area contributed by atoms with E-state index in [2.05, 4.69) is 73.4 Å². The Balaban J connectivity index is 1.76. The smallest absolute Gasteiger partial charge is 0.305 e. The van der Waals surface area contributed by atoms with E-state index in [0.29, 0.717) is 5.56 Å². The number of ketones is 1. The number of aromatic nitrogens is 3. The van der Waals surface area contributed by atoms with Crippen LogP contribution in [0.25, 0.3) is 0 Å². The number of nitrogens with one attached hydrogen (secondary N) is 12. The number of H-pyrrole nitrogens is 1. The van der Waals surface area contributed by atoms with Crippen molar-refractivity contribution in [1.82, 2.24) is 73.4 Å². The lowest BCUT2D eigenvalue weighted by Gasteiger charge is -2.30. The predicted molar refractivity (Wildman–Crippen MR) is 354 cm³/mol. The van der Waals surface area contributed by atoms with E-state index in [-0.39, 0.29) is 99.0 Å². The fourth-order valence-corrected chi connectivity index (χ4v) is 11.1. The molecule has 0 radical (unpaired) electrons. The van der Waals surface area contributed by atoms with E-state index in [1.54, 1.807) is 85.7 Å². The van der Waals surface area contributed by atoms with Crippen LogP contribution >= 0.6 is 11.3 Å². The van der Waals surface area contributed by atoms with Gasteiger partial charge in [-0.3, -0.25) is 71.9 Å². The van der Waals surface area contributed by atoms with Crippen LogP contribution < -0.4 is 70.0 Å². The first kappa shape index (κ1) is 80.7. The van der Waals surface area contributed by atoms with E-state index in [9.17, 15) is 82.1 Å². The average molecular weight is 1390 g/mol. The van der Waals surface area contributed by atoms with Gasteiger partial charge in [-0.2, -0.15) is 0 Å². The molecule has 1 saturated heterocycles. The molecular weight excluding hydrogens is 1300 g/mol. The molecule has 0 bridgehead atoms. The molecule has 538 valence electrons. The molecular formula is C64H94N16O17S. The number of aliphatic carboxylic acids is 2. The monoisotopic (exact) mass is 1390 g/mol. The molecule has 3 heterocycles. The lowest BCUT2D eigenvalue weighted by molar-refractivity contribution is -0.142. The van der Waals surface area contributed by atoms with Crippen molar-refractivity contribution < 1.29 is 82.1 Å². The summed E-state index contributed by atoms with van der Waals surface area (Å²) in [6.45, 7) is 13.1. The largest absolute Gasteiger partial charge is 0.481 e. The second-order valence-corrected chi connectivity index (χ2v) is 26.0. The summed E-state index contributed by atoms with van der Waals surface area (Å²) in [6, 6.07) is -7.36. The fraction of sp³-hybridized carbons (Fsp3) is 0.578. The number of thiazole rings is 1. The summed E-state index contributed by atoms with van der Waals surface area (Å²) in [4.78, 5) is 218. The van der Waals surface area contributed by atoms with E-state index < -0.39 is 187 Å². The van der Waals surface area contributed by atoms with Gasteiger partial charge in [0.05, 0.1) is 19.2 Å². The number of carboxylic acid groups (broad SMARTS) is 2. The van der Waals surface area contributed by atoms with Crippen LogP contribution in [0.2, 0.25) is 0 Å². The van der Waals surface area contributed by atoms with Gasteiger partial charge < -0.3 is 85.1 Å². The summed E-state index contributed by atoms with van der Waals surface area (Å²) in [5.74, 6) is -17.1. The number of amides is 12. The first-order valence-electron chi connectivity index (χ1n) is 32.6. The second-order valence-electron chi connectivity index (χ2n) is 25.1. The van der Waals surface area contributed by atoms with Crippen LogP contribution in [0.15, 0.2) is 48.2 Å². The van der Waals surface area contributed by atoms with Crippen molar-refractivity contribution >= 4 is 99.9 Å². The van der Waals surface area contributed by atoms with E-state index in [1.807, 2.05) is 0 Å². The molecule has 4 rings (SSSR count). The van der Waals surface area contributed by atoms with Gasteiger partial charge in [0, 0.05) is 49.0 Å². The summed E-state index contributed by atoms with van der Waals surface area (Å²) in [7, 11) is 0. The lowest BCUT2D eigenvalue weighted by atomic mass is 9.96. The maximum Gasteiger partial charge on any atom is 0.305 e. The molecule has 1 aliphatic heterocycles. The molecule has 3 aromatic rings. The summed E-state index contributed by atoms with van der Waals surface area (Å²) in [5.41, 5.74) is 12.1. The molecule has 98 heavy (non-hydrogen) atoms. The van der Waals surface area contributed by atoms with E-state index in [0.717, 1.165) is 11.3 Å². The normalized spacial score (nSPS) is 20.9. The minimum Gasteiger partial charge on any atom is -0.481 e. The summed E-state index contributed by atoms with van der Waals surface area (Å²) in [6.07, 6.45) is -0.957. The summed E-state index contributed by atoms with van der Waals surface area (Å²) in [5, 5.41) is 49.3. The minimum atomic E-state index is -1.95. The van der Waals surface area contributed by atoms with Crippen molar-refractivity contribution in [3.05, 3.63) is 70.2 Å². The number of carbonyl (C=O) groups is 15. The van der Waals surface area contributed by atoms with Crippen molar-refractivity contribution in [2.75, 3.05) is 13.1 Å². The van der Waals surface area contributed by atoms with Crippen LogP contribution in [0.5, 0.6) is 0 Å². The average Bonchev–Trinajstić information content (AvgIpc) is 0.992. The van der Waals surface area contributed by atoms with Crippen molar-refractivity contribution in [2.45, 2.75) is 199 Å². The van der Waals surface area contributed by atoms with Crippen LogP contribution in [0.1, 0.15) is 158 Å². The highest BCUT2D eigenvalue weighted by Crippen LogP contribution is 2.18. The number of nitrogens with two attached hydrogens (primary N) is 2. The minimum absolute atomic E-state index is 0.00859. The molecule has 2 aromatic heterocycles. The van der Waals surface area contributed by atoms with Gasteiger partial charge in [0.15, 0.2) is 10.8 Å². The Hall–Kier alpha value is -9.73. The number of Topliss-reactive ketones (excluding diaryl/α,β-unsaturated/α-hetero) is 1. The van der Waals surface area contributed by atoms with Gasteiger partial charge in [0.1, 0.15) is 66.1 Å². The van der Waals surface area contributed by atoms with Crippen molar-refractivity contribution in [3.8, 4) is 0 Å². The van der Waals surface area contributed by atoms with Crippen molar-refractivity contribution in [1.29, 1.82) is 0 Å². The highest BCUT2D eigenvalue weighted by atomic mass is 32.1. The zero-order valence-corrected chi connectivity index (χ0v) is 57.1. The highest BCUT2D eigenvalue weighted by molar-refractivity contribution is 7.12. The number of nitrogens with zero attached hydrogens (tertiary/aromatic N) is 2. The Morgan fingerprint density at radius 1 is 0.673 bits per heavy atom. The Kier molecular flexibility index (Phi) is 33.0. The molecule has 33 nitrogen and oxygen atoms in total. The number of primary amides is 1. The first-order valence-corrected chi connectivity index (χ1v) is 33.4. The molecule has 34 heteroatoms. The van der Waals surface area contributed by atoms with Crippen molar-refractivity contribution in [3.63, 3.8) is 0 Å². The maximum absolute atomic E-state index is 14.8. The summed E-state index contributed by atoms with van der Waals surface area (Å²) >= 11 is 0.945. The molecule has 0 aliphatic carbocycles. The van der Waals surface area contributed by atoms with Gasteiger partial charge in [-0.25, -0.2) is 9.97 Å². The van der Waals surface area contributed by atoms with Gasteiger partial charge in [0.2, 0.25) is 65.0 Å². The SMILES string of the molecule is CC[C@H](C)[C@H](NC(=O)[C@@H](CCC(=O)O)NC(=O)[C@H](CC(C)C)NC(=O)c1csc(C(=O)C(C)C)n1)C(=O)N[C@H]1CCCCNC(=O)[C@H](CC(N)=O)NC(=O)[C@@H](CC(=O)O)NC(=O)[C@H](Cc2cnc[nH]2)NC(=O)[C@@H](Cc2ccccc2)NC(=O)[C@H](C(C)C)NC(=O)[C@@H](CCCN)NC1=O. The Morgan fingerprint density at radius 2 is 1.28 bits per heavy atom. The number of imidazole rings is 1. The zero-order chi connectivity index (χ0) is 72.9. The molecule has 0 spiro atoms. The fourth-order valence-electron chi connectivity index (χ4n) is 10.2. The molecule has 0 unspecified atom stereocenters. The van der Waals surface area contributed by atoms with Gasteiger partial charge in [-0.05, 0) is 74.8 Å². The predicted octanol–water partition coefficient (Wildman–Crippen LogP) is -1.35. The third-order valence-corrected chi connectivity index (χ3v) is 16.7. The Labute approximate surface area is 571 Å². The molecule has 1 fully saturated rings. The quantitative estimate of drug-likeness (QED) is 0.0358. The Bertz CT molecular complexity index is 3270. The first-order chi connectivity index (χ1) is 46.3. The van der Waals surface area contributed by atoms with Gasteiger partial charge in [-0.1, -0.05) is 92.1 Å². The van der Waals surface area contributed by atoms with Crippen molar-refractivity contribution in [2.24, 2.45) is 35.1 Å². The maximum atomic E-state index is 14.8. The second kappa shape index (κ2) is 40.1. The van der Waals surface area contributed by atoms with Crippen LogP contribution in [-0.2, 0) is 75.2 Å².